The highest BCUT2D eigenvalue weighted by molar-refractivity contribution is 6.17. The maximum atomic E-state index is 11.4. The molecule has 0 aromatic rings. The average Bonchev–Trinajstić information content (AvgIpc) is 2.19. The van der Waals surface area contributed by atoms with Gasteiger partial charge in [0.2, 0.25) is 0 Å². The topological polar surface area (TPSA) is 75.6 Å². The second-order valence-corrected chi connectivity index (χ2v) is 5.45. The second-order valence-electron chi connectivity index (χ2n) is 5.08. The van der Waals surface area contributed by atoms with Crippen LogP contribution >= 0.6 is 11.6 Å². The Morgan fingerprint density at radius 1 is 1.28 bits per heavy atom. The van der Waals surface area contributed by atoms with E-state index in [0.29, 0.717) is 18.7 Å². The summed E-state index contributed by atoms with van der Waals surface area (Å²) in [6, 6.07) is -0.907. The summed E-state index contributed by atoms with van der Waals surface area (Å²) in [5.74, 6) is -0.483. The zero-order valence-electron chi connectivity index (χ0n) is 11.2. The third kappa shape index (κ3) is 9.10. The first-order valence-corrected chi connectivity index (χ1v) is 6.58. The van der Waals surface area contributed by atoms with Crippen LogP contribution in [0, 0.1) is 0 Å². The van der Waals surface area contributed by atoms with Gasteiger partial charge in [0.05, 0.1) is 0 Å². The maximum absolute atomic E-state index is 11.4. The highest BCUT2D eigenvalue weighted by Gasteiger charge is 2.23. The molecule has 0 radical (unpaired) electrons. The molecule has 0 aromatic carbocycles. The molecule has 0 rings (SSSR count). The number of ether oxygens (including phenoxy) is 1. The number of unbranched alkanes of at least 4 members (excludes halogenated alkanes) is 2. The number of alkyl halides is 1. The van der Waals surface area contributed by atoms with Crippen LogP contribution in [-0.4, -0.2) is 34.7 Å². The molecule has 0 fully saturated rings. The Kier molecular flexibility index (Phi) is 7.75. The minimum atomic E-state index is -1.05. The van der Waals surface area contributed by atoms with Crippen LogP contribution in [0.3, 0.4) is 0 Å². The molecule has 0 saturated carbocycles. The average molecular weight is 280 g/mol. The predicted octanol–water partition coefficient (Wildman–Crippen LogP) is 2.76. The van der Waals surface area contributed by atoms with Gasteiger partial charge in [-0.05, 0) is 33.6 Å². The summed E-state index contributed by atoms with van der Waals surface area (Å²) in [5, 5.41) is 11.3. The molecule has 0 heterocycles. The predicted molar refractivity (Wildman–Crippen MR) is 70.0 cm³/mol. The van der Waals surface area contributed by atoms with Gasteiger partial charge in [0.1, 0.15) is 11.6 Å². The van der Waals surface area contributed by atoms with E-state index in [1.165, 1.54) is 0 Å². The summed E-state index contributed by atoms with van der Waals surface area (Å²) in [6.45, 7) is 5.18. The molecule has 0 spiro atoms. The molecule has 106 valence electrons. The van der Waals surface area contributed by atoms with E-state index in [1.807, 2.05) is 0 Å². The zero-order valence-corrected chi connectivity index (χ0v) is 11.9. The van der Waals surface area contributed by atoms with Crippen molar-refractivity contribution in [3.8, 4) is 0 Å². The van der Waals surface area contributed by atoms with Gasteiger partial charge < -0.3 is 15.2 Å². The van der Waals surface area contributed by atoms with Crippen LogP contribution in [0.15, 0.2) is 0 Å². The third-order valence-corrected chi connectivity index (χ3v) is 2.38. The van der Waals surface area contributed by atoms with E-state index in [-0.39, 0.29) is 0 Å². The minimum Gasteiger partial charge on any atom is -0.480 e. The smallest absolute Gasteiger partial charge is 0.408 e. The second kappa shape index (κ2) is 8.19. The largest absolute Gasteiger partial charge is 0.480 e. The summed E-state index contributed by atoms with van der Waals surface area (Å²) in [6.07, 6.45) is 2.08. The van der Waals surface area contributed by atoms with E-state index in [4.69, 9.17) is 21.4 Å². The lowest BCUT2D eigenvalue weighted by Gasteiger charge is -2.22. The summed E-state index contributed by atoms with van der Waals surface area (Å²) in [4.78, 5) is 22.4. The van der Waals surface area contributed by atoms with Gasteiger partial charge >= 0.3 is 12.1 Å². The van der Waals surface area contributed by atoms with Gasteiger partial charge in [-0.1, -0.05) is 12.8 Å². The summed E-state index contributed by atoms with van der Waals surface area (Å²) in [7, 11) is 0. The van der Waals surface area contributed by atoms with Crippen molar-refractivity contribution in [3.05, 3.63) is 0 Å². The van der Waals surface area contributed by atoms with Crippen molar-refractivity contribution in [1.82, 2.24) is 5.32 Å². The van der Waals surface area contributed by atoms with Gasteiger partial charge in [-0.3, -0.25) is 0 Å². The molecule has 0 aliphatic carbocycles. The molecule has 18 heavy (non-hydrogen) atoms. The fourth-order valence-electron chi connectivity index (χ4n) is 1.33. The van der Waals surface area contributed by atoms with Gasteiger partial charge in [-0.15, -0.1) is 11.6 Å². The molecule has 1 atom stereocenters. The number of amides is 1. The van der Waals surface area contributed by atoms with Crippen molar-refractivity contribution < 1.29 is 19.4 Å². The first-order chi connectivity index (χ1) is 8.26. The van der Waals surface area contributed by atoms with Crippen LogP contribution in [0.25, 0.3) is 0 Å². The molecule has 0 aromatic heterocycles. The quantitative estimate of drug-likeness (QED) is 0.555. The van der Waals surface area contributed by atoms with E-state index in [2.05, 4.69) is 5.32 Å². The molecule has 6 heteroatoms. The number of rotatable bonds is 7. The number of carboxylic acid groups (broad SMARTS) is 1. The Bertz CT molecular complexity index is 276. The number of aliphatic carboxylic acids is 1. The lowest BCUT2D eigenvalue weighted by Crippen LogP contribution is -2.43. The summed E-state index contributed by atoms with van der Waals surface area (Å²) < 4.78 is 5.01. The molecule has 0 aliphatic rings. The van der Waals surface area contributed by atoms with Crippen LogP contribution in [0.4, 0.5) is 4.79 Å². The van der Waals surface area contributed by atoms with Crippen LogP contribution in [-0.2, 0) is 9.53 Å². The summed E-state index contributed by atoms with van der Waals surface area (Å²) in [5.41, 5.74) is -0.633. The van der Waals surface area contributed by atoms with Crippen molar-refractivity contribution in [2.45, 2.75) is 58.1 Å². The van der Waals surface area contributed by atoms with Crippen LogP contribution in [0.1, 0.15) is 46.5 Å². The Balaban J connectivity index is 4.11. The Labute approximate surface area is 113 Å². The Hall–Kier alpha value is -0.970. The van der Waals surface area contributed by atoms with Gasteiger partial charge in [-0.25, -0.2) is 9.59 Å². The van der Waals surface area contributed by atoms with E-state index >= 15 is 0 Å². The van der Waals surface area contributed by atoms with Crippen molar-refractivity contribution in [2.75, 3.05) is 5.88 Å². The highest BCUT2D eigenvalue weighted by Crippen LogP contribution is 2.09. The number of hydrogen-bond donors (Lipinski definition) is 2. The van der Waals surface area contributed by atoms with Gasteiger partial charge in [0.25, 0.3) is 0 Å². The lowest BCUT2D eigenvalue weighted by atomic mass is 10.1. The number of alkyl carbamates (subject to hydrolysis) is 1. The molecular formula is C12H22ClNO4. The van der Waals surface area contributed by atoms with Crippen LogP contribution in [0.5, 0.6) is 0 Å². The fourth-order valence-corrected chi connectivity index (χ4v) is 1.52. The molecule has 0 aliphatic heterocycles. The normalized spacial score (nSPS) is 12.9. The maximum Gasteiger partial charge on any atom is 0.408 e. The molecule has 0 bridgehead atoms. The number of hydrogen-bond acceptors (Lipinski definition) is 3. The Morgan fingerprint density at radius 2 is 1.89 bits per heavy atom. The fraction of sp³-hybridized carbons (Fsp3) is 0.833. The van der Waals surface area contributed by atoms with Gasteiger partial charge in [0, 0.05) is 5.88 Å². The molecule has 1 unspecified atom stereocenters. The van der Waals surface area contributed by atoms with E-state index in [0.717, 1.165) is 12.8 Å². The lowest BCUT2D eigenvalue weighted by molar-refractivity contribution is -0.139. The molecule has 2 N–H and O–H groups in total. The number of carbonyl (C=O) groups excluding carboxylic acids is 1. The first-order valence-electron chi connectivity index (χ1n) is 6.04. The van der Waals surface area contributed by atoms with Crippen molar-refractivity contribution in [3.63, 3.8) is 0 Å². The zero-order chi connectivity index (χ0) is 14.2. The monoisotopic (exact) mass is 279 g/mol. The molecule has 0 saturated heterocycles. The third-order valence-electron chi connectivity index (χ3n) is 2.12. The number of carbonyl (C=O) groups is 2. The van der Waals surface area contributed by atoms with E-state index in [9.17, 15) is 9.59 Å². The molecular weight excluding hydrogens is 258 g/mol. The van der Waals surface area contributed by atoms with Crippen LogP contribution < -0.4 is 5.32 Å². The Morgan fingerprint density at radius 3 is 2.33 bits per heavy atom. The SMILES string of the molecule is CC(C)(C)OC(=O)NC(CCCCCCl)C(=O)O. The summed E-state index contributed by atoms with van der Waals surface area (Å²) >= 11 is 5.53. The first kappa shape index (κ1) is 17.0. The highest BCUT2D eigenvalue weighted by atomic mass is 35.5. The molecule has 5 nitrogen and oxygen atoms in total. The van der Waals surface area contributed by atoms with E-state index < -0.39 is 23.7 Å². The van der Waals surface area contributed by atoms with Gasteiger partial charge in [0.15, 0.2) is 0 Å². The van der Waals surface area contributed by atoms with Crippen LogP contribution in [0.2, 0.25) is 0 Å². The van der Waals surface area contributed by atoms with E-state index in [1.54, 1.807) is 20.8 Å². The molecule has 1 amide bonds. The standard InChI is InChI=1S/C12H22ClNO4/c1-12(2,3)18-11(17)14-9(10(15)16)7-5-4-6-8-13/h9H,4-8H2,1-3H3,(H,14,17)(H,15,16). The van der Waals surface area contributed by atoms with Crippen molar-refractivity contribution >= 4 is 23.7 Å². The number of nitrogens with one attached hydrogen (secondary N) is 1. The minimum absolute atomic E-state index is 0.380. The van der Waals surface area contributed by atoms with Crippen molar-refractivity contribution in [2.24, 2.45) is 0 Å². The number of carboxylic acids is 1. The van der Waals surface area contributed by atoms with Gasteiger partial charge in [-0.2, -0.15) is 0 Å². The van der Waals surface area contributed by atoms with Crippen molar-refractivity contribution in [1.29, 1.82) is 0 Å². The number of halogens is 1.